The van der Waals surface area contributed by atoms with Gasteiger partial charge in [-0.15, -0.1) is 11.3 Å². The average molecular weight is 291 g/mol. The first-order valence-electron chi connectivity index (χ1n) is 6.01. The molecule has 0 bridgehead atoms. The predicted octanol–water partition coefficient (Wildman–Crippen LogP) is 2.78. The van der Waals surface area contributed by atoms with E-state index < -0.39 is 17.9 Å². The van der Waals surface area contributed by atoms with Crippen LogP contribution in [0, 0.1) is 11.3 Å². The van der Waals surface area contributed by atoms with E-state index in [1.54, 1.807) is 16.2 Å². The molecule has 0 radical (unpaired) electrons. The van der Waals surface area contributed by atoms with Gasteiger partial charge in [-0.25, -0.2) is 0 Å². The molecule has 0 fully saturated rings. The van der Waals surface area contributed by atoms with E-state index >= 15 is 0 Å². The van der Waals surface area contributed by atoms with Gasteiger partial charge in [0.05, 0.1) is 0 Å². The maximum atomic E-state index is 12.8. The highest BCUT2D eigenvalue weighted by atomic mass is 32.1. The predicted molar refractivity (Wildman–Crippen MR) is 69.5 cm³/mol. The van der Waals surface area contributed by atoms with Gasteiger partial charge < -0.3 is 5.73 Å². The minimum absolute atomic E-state index is 0.0563. The van der Waals surface area contributed by atoms with Crippen molar-refractivity contribution in [2.45, 2.75) is 25.6 Å². The second-order valence-electron chi connectivity index (χ2n) is 4.77. The van der Waals surface area contributed by atoms with E-state index in [0.717, 1.165) is 12.0 Å². The smallest absolute Gasteiger partial charge is 0.387 e. The zero-order valence-corrected chi connectivity index (χ0v) is 11.3. The second-order valence-corrected chi connectivity index (χ2v) is 5.77. The van der Waals surface area contributed by atoms with Crippen molar-refractivity contribution in [1.82, 2.24) is 4.90 Å². The molecule has 2 unspecified atom stereocenters. The molecule has 0 spiro atoms. The molecule has 1 aromatic rings. The lowest BCUT2D eigenvalue weighted by Crippen LogP contribution is -2.46. The highest BCUT2D eigenvalue weighted by molar-refractivity contribution is 7.10. The topological polar surface area (TPSA) is 53.1 Å². The van der Waals surface area contributed by atoms with Gasteiger partial charge in [0.1, 0.15) is 11.8 Å². The summed E-state index contributed by atoms with van der Waals surface area (Å²) >= 11 is 1.65. The Labute approximate surface area is 113 Å². The lowest BCUT2D eigenvalue weighted by molar-refractivity contribution is -0.161. The summed E-state index contributed by atoms with van der Waals surface area (Å²) in [4.78, 5) is 3.00. The van der Waals surface area contributed by atoms with Crippen molar-refractivity contribution in [1.29, 1.82) is 5.41 Å². The molecule has 2 heterocycles. The van der Waals surface area contributed by atoms with Crippen molar-refractivity contribution in [2.24, 2.45) is 11.7 Å². The lowest BCUT2D eigenvalue weighted by Gasteiger charge is -2.36. The summed E-state index contributed by atoms with van der Waals surface area (Å²) in [5, 5.41) is 9.11. The van der Waals surface area contributed by atoms with Crippen LogP contribution in [-0.4, -0.2) is 30.0 Å². The Kier molecular flexibility index (Phi) is 3.87. The van der Waals surface area contributed by atoms with Crippen LogP contribution in [0.4, 0.5) is 13.2 Å². The number of halogens is 3. The number of hydrogen-bond donors (Lipinski definition) is 2. The molecule has 2 atom stereocenters. The molecule has 7 heteroatoms. The van der Waals surface area contributed by atoms with Crippen LogP contribution in [0.25, 0.3) is 0 Å². The van der Waals surface area contributed by atoms with Crippen molar-refractivity contribution < 1.29 is 13.2 Å². The fourth-order valence-corrected chi connectivity index (χ4v) is 3.39. The maximum Gasteiger partial charge on any atom is 0.399 e. The van der Waals surface area contributed by atoms with Crippen molar-refractivity contribution >= 4 is 17.2 Å². The number of fused-ring (bicyclic) bond motifs is 1. The molecule has 1 aromatic heterocycles. The van der Waals surface area contributed by atoms with E-state index in [2.05, 4.69) is 0 Å². The number of hydrogen-bond acceptors (Lipinski definition) is 3. The fourth-order valence-electron chi connectivity index (χ4n) is 2.42. The number of alkyl halides is 3. The lowest BCUT2D eigenvalue weighted by atomic mass is 9.98. The van der Waals surface area contributed by atoms with E-state index in [9.17, 15) is 13.2 Å². The van der Waals surface area contributed by atoms with E-state index in [1.165, 1.54) is 4.88 Å². The van der Waals surface area contributed by atoms with Gasteiger partial charge in [-0.3, -0.25) is 10.3 Å². The zero-order valence-electron chi connectivity index (χ0n) is 10.5. The van der Waals surface area contributed by atoms with Crippen molar-refractivity contribution in [3.05, 3.63) is 21.9 Å². The van der Waals surface area contributed by atoms with Crippen molar-refractivity contribution in [3.8, 4) is 0 Å². The summed E-state index contributed by atoms with van der Waals surface area (Å²) in [7, 11) is 0. The number of thiophene rings is 1. The van der Waals surface area contributed by atoms with Crippen LogP contribution in [0.3, 0.4) is 0 Å². The molecule has 3 N–H and O–H groups in total. The van der Waals surface area contributed by atoms with Gasteiger partial charge >= 0.3 is 6.18 Å². The molecule has 106 valence electrons. The number of nitrogens with zero attached hydrogens (tertiary/aromatic N) is 1. The molecule has 2 rings (SSSR count). The monoisotopic (exact) mass is 291 g/mol. The molecule has 3 nitrogen and oxygen atoms in total. The third-order valence-corrected chi connectivity index (χ3v) is 4.59. The van der Waals surface area contributed by atoms with Crippen LogP contribution >= 0.6 is 11.3 Å². The molecular formula is C12H16F3N3S. The Bertz CT molecular complexity index is 469. The largest absolute Gasteiger partial charge is 0.399 e. The quantitative estimate of drug-likeness (QED) is 0.664. The SMILES string of the molecule is CC1c2ccsc2CCN1CC(C(=N)N)C(F)(F)F. The Hall–Kier alpha value is -1.08. The minimum Gasteiger partial charge on any atom is -0.387 e. The summed E-state index contributed by atoms with van der Waals surface area (Å²) in [5.74, 6) is -2.69. The van der Waals surface area contributed by atoms with Gasteiger partial charge in [0.25, 0.3) is 0 Å². The van der Waals surface area contributed by atoms with Crippen LogP contribution < -0.4 is 5.73 Å². The highest BCUT2D eigenvalue weighted by Gasteiger charge is 2.43. The molecule has 0 amide bonds. The first-order chi connectivity index (χ1) is 8.80. The molecular weight excluding hydrogens is 275 g/mol. The average Bonchev–Trinajstić information content (AvgIpc) is 2.74. The van der Waals surface area contributed by atoms with Gasteiger partial charge in [0, 0.05) is 24.0 Å². The molecule has 0 saturated carbocycles. The first kappa shape index (κ1) is 14.3. The third-order valence-electron chi connectivity index (χ3n) is 3.59. The number of amidine groups is 1. The molecule has 19 heavy (non-hydrogen) atoms. The van der Waals surface area contributed by atoms with Gasteiger partial charge in [0.2, 0.25) is 0 Å². The van der Waals surface area contributed by atoms with Crippen LogP contribution in [0.5, 0.6) is 0 Å². The third kappa shape index (κ3) is 2.92. The highest BCUT2D eigenvalue weighted by Crippen LogP contribution is 2.35. The number of rotatable bonds is 3. The van der Waals surface area contributed by atoms with Crippen LogP contribution in [0.15, 0.2) is 11.4 Å². The minimum atomic E-state index is -4.46. The summed E-state index contributed by atoms with van der Waals surface area (Å²) in [6.45, 7) is 2.24. The Morgan fingerprint density at radius 3 is 2.89 bits per heavy atom. The molecule has 1 aliphatic rings. The van der Waals surface area contributed by atoms with E-state index in [4.69, 9.17) is 11.1 Å². The van der Waals surface area contributed by atoms with E-state index in [0.29, 0.717) is 6.54 Å². The Morgan fingerprint density at radius 1 is 1.63 bits per heavy atom. The number of nitrogens with one attached hydrogen (secondary N) is 1. The van der Waals surface area contributed by atoms with E-state index in [1.807, 2.05) is 18.4 Å². The van der Waals surface area contributed by atoms with Gasteiger partial charge in [-0.1, -0.05) is 0 Å². The van der Waals surface area contributed by atoms with Gasteiger partial charge in [0.15, 0.2) is 0 Å². The Balaban J connectivity index is 2.14. The summed E-state index contributed by atoms with van der Waals surface area (Å²) in [6, 6.07) is 1.91. The van der Waals surface area contributed by atoms with Crippen LogP contribution in [0.2, 0.25) is 0 Å². The maximum absolute atomic E-state index is 12.8. The molecule has 0 aliphatic carbocycles. The number of nitrogens with two attached hydrogens (primary N) is 1. The van der Waals surface area contributed by atoms with Crippen LogP contribution in [0.1, 0.15) is 23.4 Å². The normalized spacial score (nSPS) is 22.0. The molecule has 0 aromatic carbocycles. The molecule has 1 aliphatic heterocycles. The van der Waals surface area contributed by atoms with Crippen molar-refractivity contribution in [2.75, 3.05) is 13.1 Å². The summed E-state index contributed by atoms with van der Waals surface area (Å²) < 4.78 is 38.5. The van der Waals surface area contributed by atoms with E-state index in [-0.39, 0.29) is 12.6 Å². The standard InChI is InChI=1S/C12H16F3N3S/c1-7-8-3-5-19-10(8)2-4-18(7)6-9(11(16)17)12(13,14)15/h3,5,7,9H,2,4,6H2,1H3,(H3,16,17). The van der Waals surface area contributed by atoms with Gasteiger partial charge in [-0.2, -0.15) is 13.2 Å². The summed E-state index contributed by atoms with van der Waals surface area (Å²) in [6.07, 6.45) is -3.69. The van der Waals surface area contributed by atoms with Crippen LogP contribution in [-0.2, 0) is 6.42 Å². The zero-order chi connectivity index (χ0) is 14.2. The Morgan fingerprint density at radius 2 is 2.32 bits per heavy atom. The first-order valence-corrected chi connectivity index (χ1v) is 6.89. The van der Waals surface area contributed by atoms with Gasteiger partial charge in [-0.05, 0) is 30.4 Å². The fraction of sp³-hybridized carbons (Fsp3) is 0.583. The van der Waals surface area contributed by atoms with Crippen molar-refractivity contribution in [3.63, 3.8) is 0 Å². The second kappa shape index (κ2) is 5.13. The molecule has 0 saturated heterocycles. The summed E-state index contributed by atoms with van der Waals surface area (Å²) in [5.41, 5.74) is 6.20.